The molecule has 0 bridgehead atoms. The molecule has 4 rings (SSSR count). The average Bonchev–Trinajstić information content (AvgIpc) is 3.41. The Bertz CT molecular complexity index is 1620. The Hall–Kier alpha value is -4.78. The number of amides is 2. The highest BCUT2D eigenvalue weighted by Crippen LogP contribution is 2.26. The maximum atomic E-state index is 13.6. The molecule has 18 heteroatoms. The summed E-state index contributed by atoms with van der Waals surface area (Å²) in [4.78, 5) is 55.7. The van der Waals surface area contributed by atoms with Gasteiger partial charge in [-0.1, -0.05) is 12.1 Å². The van der Waals surface area contributed by atoms with E-state index < -0.39 is 76.8 Å². The second-order valence-electron chi connectivity index (χ2n) is 10.3. The van der Waals surface area contributed by atoms with E-state index in [9.17, 15) is 44.0 Å². The molecule has 44 heavy (non-hydrogen) atoms. The first-order valence-corrected chi connectivity index (χ1v) is 13.0. The van der Waals surface area contributed by atoms with Crippen LogP contribution in [0.3, 0.4) is 0 Å². The molecule has 0 radical (unpaired) electrons. The number of rotatable bonds is 9. The third kappa shape index (κ3) is 6.57. The zero-order valence-corrected chi connectivity index (χ0v) is 23.7. The van der Waals surface area contributed by atoms with Crippen molar-refractivity contribution < 1.29 is 53.1 Å². The van der Waals surface area contributed by atoms with Crippen molar-refractivity contribution in [3.8, 4) is 5.75 Å². The summed E-state index contributed by atoms with van der Waals surface area (Å²) in [5.74, 6) is -5.28. The quantitative estimate of drug-likeness (QED) is 0.159. The van der Waals surface area contributed by atoms with E-state index in [4.69, 9.17) is 13.9 Å². The summed E-state index contributed by atoms with van der Waals surface area (Å²) in [6, 6.07) is 5.14. The van der Waals surface area contributed by atoms with Gasteiger partial charge in [0.2, 0.25) is 17.9 Å². The summed E-state index contributed by atoms with van der Waals surface area (Å²) >= 11 is 0. The molecule has 2 aromatic heterocycles. The topological polar surface area (TPSA) is 248 Å². The van der Waals surface area contributed by atoms with E-state index in [1.54, 1.807) is 0 Å². The molecule has 3 heterocycles. The highest BCUT2D eigenvalue weighted by atomic mass is 19.1. The maximum Gasteiger partial charge on any atom is 0.335 e. The molecule has 0 aliphatic carbocycles. The number of aromatic nitrogens is 4. The Kier molecular flexibility index (Phi) is 9.09. The summed E-state index contributed by atoms with van der Waals surface area (Å²) in [5, 5.41) is 52.3. The zero-order chi connectivity index (χ0) is 32.5. The van der Waals surface area contributed by atoms with E-state index in [1.807, 2.05) is 0 Å². The zero-order valence-electron chi connectivity index (χ0n) is 23.7. The highest BCUT2D eigenvalue weighted by molar-refractivity contribution is 5.95. The van der Waals surface area contributed by atoms with Gasteiger partial charge in [-0.2, -0.15) is 0 Å². The van der Waals surface area contributed by atoms with Crippen molar-refractivity contribution in [3.63, 3.8) is 0 Å². The Morgan fingerprint density at radius 1 is 1.07 bits per heavy atom. The number of carboxylic acid groups (broad SMARTS) is 1. The van der Waals surface area contributed by atoms with Gasteiger partial charge in [0.25, 0.3) is 11.5 Å². The number of carboxylic acids is 1. The summed E-state index contributed by atoms with van der Waals surface area (Å²) in [5.41, 5.74) is -2.72. The molecule has 0 spiro atoms. The van der Waals surface area contributed by atoms with Gasteiger partial charge in [-0.25, -0.2) is 14.2 Å². The van der Waals surface area contributed by atoms with Crippen LogP contribution in [0.1, 0.15) is 52.3 Å². The lowest BCUT2D eigenvalue weighted by atomic mass is 9.99. The van der Waals surface area contributed by atoms with Gasteiger partial charge in [0.1, 0.15) is 30.0 Å². The van der Waals surface area contributed by atoms with Crippen LogP contribution in [-0.4, -0.2) is 88.7 Å². The Balaban J connectivity index is 1.74. The van der Waals surface area contributed by atoms with Crippen LogP contribution in [0.2, 0.25) is 0 Å². The number of benzene rings is 1. The van der Waals surface area contributed by atoms with Gasteiger partial charge in [0, 0.05) is 20.5 Å². The molecule has 1 aromatic carbocycles. The summed E-state index contributed by atoms with van der Waals surface area (Å²) in [7, 11) is 1.24. The molecule has 3 aromatic rings. The van der Waals surface area contributed by atoms with Crippen LogP contribution in [0, 0.1) is 12.7 Å². The number of halogens is 1. The number of nitrogens with zero attached hydrogens (tertiary/aromatic N) is 4. The van der Waals surface area contributed by atoms with Crippen LogP contribution in [0.25, 0.3) is 0 Å². The first-order valence-electron chi connectivity index (χ1n) is 13.0. The number of carbonyl (C=O) groups excluding carboxylic acids is 2. The van der Waals surface area contributed by atoms with Gasteiger partial charge in [-0.15, -0.1) is 10.2 Å². The van der Waals surface area contributed by atoms with Gasteiger partial charge in [0.15, 0.2) is 11.8 Å². The molecule has 0 saturated carbocycles. The fourth-order valence-corrected chi connectivity index (χ4v) is 4.32. The van der Waals surface area contributed by atoms with Crippen molar-refractivity contribution >= 4 is 17.8 Å². The van der Waals surface area contributed by atoms with Crippen LogP contribution in [0.15, 0.2) is 33.5 Å². The summed E-state index contributed by atoms with van der Waals surface area (Å²) in [6.07, 6.45) is -10.3. The molecule has 1 fully saturated rings. The van der Waals surface area contributed by atoms with Gasteiger partial charge in [0.05, 0.1) is 5.54 Å². The molecule has 1 aliphatic heterocycles. The standard InChI is InChI=1S/C26H29FN6O11/c1-10-31-32-21(42-10)20(38)30-26(2,3)25-29-13(19(37)28-9-11-5-7-12(27)8-6-11)17(22(39)33(25)4)43-24-16(36)14(34)15(35)18(44-24)23(40)41/h5-8,14-16,18,24,34-36H,9H2,1-4H3,(H,28,37)(H,30,38)(H,40,41)/t14-,15-,16-,18+,24+/m1/s1. The van der Waals surface area contributed by atoms with Crippen LogP contribution >= 0.6 is 0 Å². The van der Waals surface area contributed by atoms with Crippen molar-refractivity contribution in [2.75, 3.05) is 0 Å². The molecule has 5 atom stereocenters. The summed E-state index contributed by atoms with van der Waals surface area (Å²) < 4.78 is 30.0. The molecule has 0 unspecified atom stereocenters. The van der Waals surface area contributed by atoms with Crippen LogP contribution in [-0.2, 0) is 28.7 Å². The molecule has 1 aliphatic rings. The minimum atomic E-state index is -2.07. The fourth-order valence-electron chi connectivity index (χ4n) is 4.32. The third-order valence-corrected chi connectivity index (χ3v) is 6.58. The fraction of sp³-hybridized carbons (Fsp3) is 0.423. The Morgan fingerprint density at radius 3 is 2.32 bits per heavy atom. The van der Waals surface area contributed by atoms with Crippen molar-refractivity contribution in [1.82, 2.24) is 30.4 Å². The number of nitrogens with one attached hydrogen (secondary N) is 2. The van der Waals surface area contributed by atoms with Crippen LogP contribution in [0.5, 0.6) is 5.75 Å². The molecule has 1 saturated heterocycles. The lowest BCUT2D eigenvalue weighted by Gasteiger charge is -2.38. The monoisotopic (exact) mass is 620 g/mol. The van der Waals surface area contributed by atoms with Crippen molar-refractivity contribution in [2.24, 2.45) is 7.05 Å². The average molecular weight is 621 g/mol. The number of carbonyl (C=O) groups is 3. The first-order chi connectivity index (χ1) is 20.6. The predicted molar refractivity (Wildman–Crippen MR) is 142 cm³/mol. The largest absolute Gasteiger partial charge is 0.479 e. The number of ether oxygens (including phenoxy) is 2. The number of hydrogen-bond donors (Lipinski definition) is 6. The van der Waals surface area contributed by atoms with E-state index in [0.717, 1.165) is 4.57 Å². The number of hydrogen-bond acceptors (Lipinski definition) is 13. The van der Waals surface area contributed by atoms with E-state index >= 15 is 0 Å². The number of aliphatic hydroxyl groups excluding tert-OH is 3. The van der Waals surface area contributed by atoms with Crippen LogP contribution < -0.4 is 20.9 Å². The van der Waals surface area contributed by atoms with Gasteiger partial charge in [-0.05, 0) is 31.5 Å². The van der Waals surface area contributed by atoms with Gasteiger partial charge in [-0.3, -0.25) is 19.0 Å². The highest BCUT2D eigenvalue weighted by Gasteiger charge is 2.49. The molecular formula is C26H29FN6O11. The molecule has 2 amide bonds. The lowest BCUT2D eigenvalue weighted by Crippen LogP contribution is -2.61. The minimum absolute atomic E-state index is 0.120. The minimum Gasteiger partial charge on any atom is -0.479 e. The number of aliphatic hydroxyl groups is 3. The third-order valence-electron chi connectivity index (χ3n) is 6.58. The normalized spacial score (nSPS) is 21.9. The Labute approximate surface area is 247 Å². The second-order valence-corrected chi connectivity index (χ2v) is 10.3. The molecule has 6 N–H and O–H groups in total. The van der Waals surface area contributed by atoms with Crippen LogP contribution in [0.4, 0.5) is 4.39 Å². The predicted octanol–water partition coefficient (Wildman–Crippen LogP) is -1.52. The first kappa shape index (κ1) is 32.1. The van der Waals surface area contributed by atoms with Crippen molar-refractivity contribution in [2.45, 2.75) is 63.6 Å². The smallest absolute Gasteiger partial charge is 0.335 e. The van der Waals surface area contributed by atoms with E-state index in [0.29, 0.717) is 5.56 Å². The Morgan fingerprint density at radius 2 is 1.73 bits per heavy atom. The SMILES string of the molecule is Cc1nnc(C(=O)NC(C)(C)c2nc(C(=O)NCc3ccc(F)cc3)c(O[C@H]3O[C@H](C(=O)O)[C@H](O)[C@@H](O)[C@H]3O)c(=O)n2C)o1. The van der Waals surface area contributed by atoms with E-state index in [2.05, 4.69) is 25.8 Å². The van der Waals surface area contributed by atoms with Gasteiger partial charge < -0.3 is 45.0 Å². The lowest BCUT2D eigenvalue weighted by molar-refractivity contribution is -0.271. The molecular weight excluding hydrogens is 591 g/mol. The van der Waals surface area contributed by atoms with Crippen molar-refractivity contribution in [1.29, 1.82) is 0 Å². The van der Waals surface area contributed by atoms with E-state index in [-0.39, 0.29) is 24.2 Å². The second kappa shape index (κ2) is 12.4. The molecule has 17 nitrogen and oxygen atoms in total. The number of aryl methyl sites for hydroxylation is 1. The maximum absolute atomic E-state index is 13.6. The van der Waals surface area contributed by atoms with E-state index in [1.165, 1.54) is 52.1 Å². The summed E-state index contributed by atoms with van der Waals surface area (Å²) in [6.45, 7) is 4.23. The van der Waals surface area contributed by atoms with Gasteiger partial charge >= 0.3 is 17.8 Å². The van der Waals surface area contributed by atoms with Crippen molar-refractivity contribution in [3.05, 3.63) is 69.3 Å². The molecule has 236 valence electrons. The number of aliphatic carboxylic acids is 1.